The van der Waals surface area contributed by atoms with E-state index in [1.165, 1.54) is 12.1 Å². The molecule has 0 radical (unpaired) electrons. The first-order chi connectivity index (χ1) is 13.4. The van der Waals surface area contributed by atoms with E-state index in [-0.39, 0.29) is 12.3 Å². The van der Waals surface area contributed by atoms with Crippen molar-refractivity contribution in [3.05, 3.63) is 86.8 Å². The van der Waals surface area contributed by atoms with E-state index >= 15 is 0 Å². The van der Waals surface area contributed by atoms with Gasteiger partial charge in [-0.25, -0.2) is 4.79 Å². The summed E-state index contributed by atoms with van der Waals surface area (Å²) in [5, 5.41) is 14.5. The number of benzene rings is 2. The SMILES string of the molecule is Cc1noc(C)c1COc1ccc(C(=O)OCc2ccc([N+](=O)[O-])cc2)cc1. The molecule has 0 saturated heterocycles. The quantitative estimate of drug-likeness (QED) is 0.343. The molecule has 0 amide bonds. The van der Waals surface area contributed by atoms with E-state index in [0.717, 1.165) is 11.3 Å². The van der Waals surface area contributed by atoms with Crippen molar-refractivity contribution in [2.75, 3.05) is 0 Å². The number of rotatable bonds is 7. The second-order valence-corrected chi connectivity index (χ2v) is 6.12. The predicted molar refractivity (Wildman–Crippen MR) is 99.0 cm³/mol. The number of carbonyl (C=O) groups excluding carboxylic acids is 1. The molecule has 3 aromatic rings. The summed E-state index contributed by atoms with van der Waals surface area (Å²) < 4.78 is 16.0. The second kappa shape index (κ2) is 8.34. The Morgan fingerprint density at radius 1 is 1.07 bits per heavy atom. The van der Waals surface area contributed by atoms with Crippen LogP contribution in [0.1, 0.15) is 32.9 Å². The molecule has 0 aliphatic heterocycles. The summed E-state index contributed by atoms with van der Waals surface area (Å²) in [4.78, 5) is 22.3. The molecule has 0 aliphatic carbocycles. The van der Waals surface area contributed by atoms with Crippen LogP contribution in [-0.2, 0) is 18.0 Å². The largest absolute Gasteiger partial charge is 0.489 e. The number of aromatic nitrogens is 1. The number of hydrogen-bond acceptors (Lipinski definition) is 7. The van der Waals surface area contributed by atoms with Crippen molar-refractivity contribution < 1.29 is 23.7 Å². The normalized spacial score (nSPS) is 10.5. The summed E-state index contributed by atoms with van der Waals surface area (Å²) in [6.45, 7) is 4.02. The van der Waals surface area contributed by atoms with Gasteiger partial charge in [0.05, 0.1) is 21.7 Å². The van der Waals surface area contributed by atoms with Crippen molar-refractivity contribution in [2.24, 2.45) is 0 Å². The van der Waals surface area contributed by atoms with Crippen LogP contribution in [-0.4, -0.2) is 16.0 Å². The molecule has 0 fully saturated rings. The van der Waals surface area contributed by atoms with E-state index in [1.807, 2.05) is 13.8 Å². The Balaban J connectivity index is 1.54. The van der Waals surface area contributed by atoms with E-state index in [2.05, 4.69) is 5.16 Å². The third kappa shape index (κ3) is 4.53. The average Bonchev–Trinajstić information content (AvgIpc) is 3.02. The maximum absolute atomic E-state index is 12.1. The van der Waals surface area contributed by atoms with Crippen molar-refractivity contribution in [1.82, 2.24) is 5.16 Å². The van der Waals surface area contributed by atoms with E-state index in [1.54, 1.807) is 36.4 Å². The van der Waals surface area contributed by atoms with E-state index in [4.69, 9.17) is 14.0 Å². The smallest absolute Gasteiger partial charge is 0.338 e. The third-order valence-corrected chi connectivity index (χ3v) is 4.17. The number of hydrogen-bond donors (Lipinski definition) is 0. The number of carbonyl (C=O) groups is 1. The maximum Gasteiger partial charge on any atom is 0.338 e. The fraction of sp³-hybridized carbons (Fsp3) is 0.200. The lowest BCUT2D eigenvalue weighted by Crippen LogP contribution is -2.05. The minimum atomic E-state index is -0.490. The van der Waals surface area contributed by atoms with E-state index in [9.17, 15) is 14.9 Å². The van der Waals surface area contributed by atoms with Gasteiger partial charge in [0.1, 0.15) is 24.7 Å². The number of esters is 1. The molecular weight excluding hydrogens is 364 g/mol. The lowest BCUT2D eigenvalue weighted by molar-refractivity contribution is -0.384. The van der Waals surface area contributed by atoms with Gasteiger partial charge in [0, 0.05) is 12.1 Å². The molecular formula is C20H18N2O6. The van der Waals surface area contributed by atoms with Crippen LogP contribution >= 0.6 is 0 Å². The van der Waals surface area contributed by atoms with Gasteiger partial charge >= 0.3 is 5.97 Å². The van der Waals surface area contributed by atoms with Crippen molar-refractivity contribution in [3.8, 4) is 5.75 Å². The van der Waals surface area contributed by atoms with Gasteiger partial charge in [-0.3, -0.25) is 10.1 Å². The van der Waals surface area contributed by atoms with E-state index < -0.39 is 10.9 Å². The number of nitro groups is 1. The van der Waals surface area contributed by atoms with Crippen LogP contribution in [0.3, 0.4) is 0 Å². The molecule has 28 heavy (non-hydrogen) atoms. The molecule has 0 N–H and O–H groups in total. The van der Waals surface area contributed by atoms with Gasteiger partial charge in [0.25, 0.3) is 5.69 Å². The molecule has 0 spiro atoms. The van der Waals surface area contributed by atoms with E-state index in [0.29, 0.717) is 29.2 Å². The fourth-order valence-corrected chi connectivity index (χ4v) is 2.50. The Labute approximate surface area is 160 Å². The van der Waals surface area contributed by atoms with Crippen molar-refractivity contribution in [1.29, 1.82) is 0 Å². The van der Waals surface area contributed by atoms with Crippen LogP contribution in [0.2, 0.25) is 0 Å². The van der Waals surface area contributed by atoms with Gasteiger partial charge in [-0.15, -0.1) is 0 Å². The molecule has 0 aliphatic rings. The molecule has 1 aromatic heterocycles. The highest BCUT2D eigenvalue weighted by molar-refractivity contribution is 5.89. The Morgan fingerprint density at radius 3 is 2.32 bits per heavy atom. The maximum atomic E-state index is 12.1. The molecule has 8 heteroatoms. The predicted octanol–water partition coefficient (Wildman–Crippen LogP) is 4.14. The monoisotopic (exact) mass is 382 g/mol. The first kappa shape index (κ1) is 19.1. The molecule has 0 saturated carbocycles. The lowest BCUT2D eigenvalue weighted by atomic mass is 10.2. The Hall–Kier alpha value is -3.68. The highest BCUT2D eigenvalue weighted by atomic mass is 16.6. The summed E-state index contributed by atoms with van der Waals surface area (Å²) in [5.74, 6) is 0.825. The molecule has 144 valence electrons. The van der Waals surface area contributed by atoms with Gasteiger partial charge in [-0.05, 0) is 55.8 Å². The zero-order valence-corrected chi connectivity index (χ0v) is 15.4. The van der Waals surface area contributed by atoms with Crippen LogP contribution < -0.4 is 4.74 Å². The minimum Gasteiger partial charge on any atom is -0.489 e. The number of nitrogens with zero attached hydrogens (tertiary/aromatic N) is 2. The van der Waals surface area contributed by atoms with Crippen LogP contribution in [0.25, 0.3) is 0 Å². The molecule has 2 aromatic carbocycles. The fourth-order valence-electron chi connectivity index (χ4n) is 2.50. The summed E-state index contributed by atoms with van der Waals surface area (Å²) >= 11 is 0. The Bertz CT molecular complexity index is 957. The standard InChI is InChI=1S/C20H18N2O6/c1-13-19(14(2)28-21-13)12-26-18-9-5-16(6-10-18)20(23)27-11-15-3-7-17(8-4-15)22(24)25/h3-10H,11-12H2,1-2H3. The summed E-state index contributed by atoms with van der Waals surface area (Å²) in [6.07, 6.45) is 0. The van der Waals surface area contributed by atoms with Crippen LogP contribution in [0.15, 0.2) is 53.1 Å². The molecule has 1 heterocycles. The van der Waals surface area contributed by atoms with Gasteiger partial charge < -0.3 is 14.0 Å². The molecule has 8 nitrogen and oxygen atoms in total. The van der Waals surface area contributed by atoms with Crippen molar-refractivity contribution >= 4 is 11.7 Å². The summed E-state index contributed by atoms with van der Waals surface area (Å²) in [7, 11) is 0. The number of ether oxygens (including phenoxy) is 2. The van der Waals surface area contributed by atoms with Crippen LogP contribution in [0.5, 0.6) is 5.75 Å². The molecule has 3 rings (SSSR count). The van der Waals surface area contributed by atoms with Crippen molar-refractivity contribution in [2.45, 2.75) is 27.1 Å². The average molecular weight is 382 g/mol. The zero-order valence-electron chi connectivity index (χ0n) is 15.4. The topological polar surface area (TPSA) is 105 Å². The minimum absolute atomic E-state index is 0.0118. The number of nitro benzene ring substituents is 1. The van der Waals surface area contributed by atoms with Crippen LogP contribution in [0, 0.1) is 24.0 Å². The second-order valence-electron chi connectivity index (χ2n) is 6.12. The van der Waals surface area contributed by atoms with Gasteiger partial charge in [0.15, 0.2) is 0 Å². The summed E-state index contributed by atoms with van der Waals surface area (Å²) in [6, 6.07) is 12.4. The highest BCUT2D eigenvalue weighted by Crippen LogP contribution is 2.19. The summed E-state index contributed by atoms with van der Waals surface area (Å²) in [5.41, 5.74) is 2.71. The van der Waals surface area contributed by atoms with Gasteiger partial charge in [-0.1, -0.05) is 5.16 Å². The van der Waals surface area contributed by atoms with Gasteiger partial charge in [0.2, 0.25) is 0 Å². The first-order valence-electron chi connectivity index (χ1n) is 8.49. The number of aryl methyl sites for hydroxylation is 2. The first-order valence-corrected chi connectivity index (χ1v) is 8.49. The molecule has 0 unspecified atom stereocenters. The van der Waals surface area contributed by atoms with Crippen molar-refractivity contribution in [3.63, 3.8) is 0 Å². The van der Waals surface area contributed by atoms with Gasteiger partial charge in [-0.2, -0.15) is 0 Å². The molecule has 0 bridgehead atoms. The van der Waals surface area contributed by atoms with Crippen LogP contribution in [0.4, 0.5) is 5.69 Å². The highest BCUT2D eigenvalue weighted by Gasteiger charge is 2.11. The third-order valence-electron chi connectivity index (χ3n) is 4.17. The molecule has 0 atom stereocenters. The lowest BCUT2D eigenvalue weighted by Gasteiger charge is -2.08. The Kier molecular flexibility index (Phi) is 5.69. The Morgan fingerprint density at radius 2 is 1.75 bits per heavy atom. The number of non-ortho nitro benzene ring substituents is 1. The zero-order chi connectivity index (χ0) is 20.1.